The van der Waals surface area contributed by atoms with E-state index in [1.54, 1.807) is 25.3 Å². The monoisotopic (exact) mass is 376 g/mol. The zero-order valence-electron chi connectivity index (χ0n) is 14.3. The van der Waals surface area contributed by atoms with Gasteiger partial charge in [0.15, 0.2) is 11.5 Å². The quantitative estimate of drug-likeness (QED) is 0.477. The molecule has 8 heteroatoms. The van der Waals surface area contributed by atoms with E-state index in [0.717, 1.165) is 11.9 Å². The van der Waals surface area contributed by atoms with Crippen LogP contribution in [0.4, 0.5) is 15.9 Å². The predicted molar refractivity (Wildman–Crippen MR) is 100.0 cm³/mol. The number of aromatic nitrogens is 2. The van der Waals surface area contributed by atoms with Crippen molar-refractivity contribution in [2.75, 3.05) is 25.7 Å². The highest BCUT2D eigenvalue weighted by atomic mass is 35.5. The van der Waals surface area contributed by atoms with Gasteiger partial charge in [-0.15, -0.1) is 0 Å². The molecule has 3 rings (SSSR count). The second-order valence-corrected chi connectivity index (χ2v) is 5.80. The van der Waals surface area contributed by atoms with Gasteiger partial charge in [-0.25, -0.2) is 14.4 Å². The molecule has 0 aliphatic carbocycles. The largest absolute Gasteiger partial charge is 0.493 e. The molecule has 1 aromatic heterocycles. The molecule has 1 heterocycles. The van der Waals surface area contributed by atoms with Crippen molar-refractivity contribution in [2.45, 2.75) is 6.92 Å². The number of anilines is 2. The zero-order valence-corrected chi connectivity index (χ0v) is 15.1. The molecule has 6 nitrogen and oxygen atoms in total. The van der Waals surface area contributed by atoms with Crippen LogP contribution >= 0.6 is 11.6 Å². The summed E-state index contributed by atoms with van der Waals surface area (Å²) < 4.78 is 24.5. The normalized spacial score (nSPS) is 10.8. The van der Waals surface area contributed by atoms with Crippen molar-refractivity contribution < 1.29 is 13.9 Å². The molecule has 0 fully saturated rings. The third kappa shape index (κ3) is 3.95. The van der Waals surface area contributed by atoms with Crippen molar-refractivity contribution in [2.24, 2.45) is 0 Å². The first-order chi connectivity index (χ1) is 12.6. The van der Waals surface area contributed by atoms with Crippen LogP contribution < -0.4 is 20.1 Å². The Labute approximate surface area is 155 Å². The summed E-state index contributed by atoms with van der Waals surface area (Å²) in [6.45, 7) is 3.13. The van der Waals surface area contributed by atoms with Crippen molar-refractivity contribution >= 4 is 34.0 Å². The molecule has 0 saturated heterocycles. The zero-order chi connectivity index (χ0) is 18.5. The van der Waals surface area contributed by atoms with Gasteiger partial charge in [-0.2, -0.15) is 0 Å². The molecule has 0 radical (unpaired) electrons. The van der Waals surface area contributed by atoms with Crippen molar-refractivity contribution in [1.29, 1.82) is 0 Å². The molecule has 2 N–H and O–H groups in total. The van der Waals surface area contributed by atoms with Gasteiger partial charge in [0.2, 0.25) is 0 Å². The first kappa shape index (κ1) is 18.2. The summed E-state index contributed by atoms with van der Waals surface area (Å²) >= 11 is 5.84. The lowest BCUT2D eigenvalue weighted by Gasteiger charge is -2.14. The van der Waals surface area contributed by atoms with Crippen LogP contribution in [0.2, 0.25) is 5.02 Å². The first-order valence-electron chi connectivity index (χ1n) is 8.00. The van der Waals surface area contributed by atoms with E-state index in [1.165, 1.54) is 18.5 Å². The fourth-order valence-electron chi connectivity index (χ4n) is 2.38. The van der Waals surface area contributed by atoms with Crippen LogP contribution in [0.1, 0.15) is 6.92 Å². The number of rotatable bonds is 7. The van der Waals surface area contributed by atoms with Crippen molar-refractivity contribution in [1.82, 2.24) is 15.3 Å². The van der Waals surface area contributed by atoms with Crippen LogP contribution in [0.3, 0.4) is 0 Å². The second-order valence-electron chi connectivity index (χ2n) is 5.39. The van der Waals surface area contributed by atoms with Gasteiger partial charge in [-0.3, -0.25) is 5.32 Å². The predicted octanol–water partition coefficient (Wildman–Crippen LogP) is 4.12. The van der Waals surface area contributed by atoms with E-state index in [2.05, 4.69) is 20.6 Å². The maximum atomic E-state index is 13.4. The van der Waals surface area contributed by atoms with E-state index in [-0.39, 0.29) is 5.02 Å². The Morgan fingerprint density at radius 2 is 2.00 bits per heavy atom. The van der Waals surface area contributed by atoms with E-state index >= 15 is 0 Å². The number of nitrogens with zero attached hydrogens (tertiary/aromatic N) is 2. The summed E-state index contributed by atoms with van der Waals surface area (Å²) in [7, 11) is 1.57. The molecule has 0 unspecified atom stereocenters. The highest BCUT2D eigenvalue weighted by Gasteiger charge is 2.12. The number of halogens is 2. The van der Waals surface area contributed by atoms with Crippen LogP contribution in [0.5, 0.6) is 11.5 Å². The van der Waals surface area contributed by atoms with Gasteiger partial charge in [-0.05, 0) is 30.8 Å². The lowest BCUT2D eigenvalue weighted by atomic mass is 10.2. The topological polar surface area (TPSA) is 68.3 Å². The van der Waals surface area contributed by atoms with Crippen LogP contribution in [0.25, 0.3) is 10.9 Å². The Morgan fingerprint density at radius 1 is 1.15 bits per heavy atom. The SMILES string of the molecule is CCNCOc1cc2c(Nc3ccc(F)c(Cl)c3)ncnc2cc1OC. The van der Waals surface area contributed by atoms with Crippen molar-refractivity contribution in [3.63, 3.8) is 0 Å². The van der Waals surface area contributed by atoms with Crippen LogP contribution in [0.15, 0.2) is 36.7 Å². The Morgan fingerprint density at radius 3 is 2.73 bits per heavy atom. The first-order valence-corrected chi connectivity index (χ1v) is 8.38. The summed E-state index contributed by atoms with van der Waals surface area (Å²) in [6, 6.07) is 7.96. The fraction of sp³-hybridized carbons (Fsp3) is 0.222. The number of methoxy groups -OCH3 is 1. The third-order valence-electron chi connectivity index (χ3n) is 3.68. The van der Waals surface area contributed by atoms with Gasteiger partial charge >= 0.3 is 0 Å². The summed E-state index contributed by atoms with van der Waals surface area (Å²) in [4.78, 5) is 8.55. The molecule has 3 aromatic rings. The van der Waals surface area contributed by atoms with Gasteiger partial charge in [0.05, 0.1) is 17.6 Å². The van der Waals surface area contributed by atoms with Crippen LogP contribution in [-0.2, 0) is 0 Å². The van der Waals surface area contributed by atoms with Gasteiger partial charge in [0, 0.05) is 17.1 Å². The van der Waals surface area contributed by atoms with E-state index in [0.29, 0.717) is 35.3 Å². The van der Waals surface area contributed by atoms with Gasteiger partial charge in [-0.1, -0.05) is 18.5 Å². The van der Waals surface area contributed by atoms with Gasteiger partial charge < -0.3 is 14.8 Å². The lowest BCUT2D eigenvalue weighted by Crippen LogP contribution is -2.19. The van der Waals surface area contributed by atoms with Crippen molar-refractivity contribution in [3.05, 3.63) is 47.5 Å². The highest BCUT2D eigenvalue weighted by molar-refractivity contribution is 6.31. The van der Waals surface area contributed by atoms with E-state index in [1.807, 2.05) is 6.92 Å². The summed E-state index contributed by atoms with van der Waals surface area (Å²) in [5, 5.41) is 6.99. The average Bonchev–Trinajstić information content (AvgIpc) is 2.65. The minimum Gasteiger partial charge on any atom is -0.493 e. The fourth-order valence-corrected chi connectivity index (χ4v) is 2.56. The van der Waals surface area contributed by atoms with Gasteiger partial charge in [0.25, 0.3) is 0 Å². The Bertz CT molecular complexity index is 923. The maximum absolute atomic E-state index is 13.4. The lowest BCUT2D eigenvalue weighted by molar-refractivity contribution is 0.271. The van der Waals surface area contributed by atoms with Crippen molar-refractivity contribution in [3.8, 4) is 11.5 Å². The second kappa shape index (κ2) is 8.16. The number of hydrogen-bond donors (Lipinski definition) is 2. The Kier molecular flexibility index (Phi) is 5.70. The molecular weight excluding hydrogens is 359 g/mol. The molecule has 136 valence electrons. The van der Waals surface area contributed by atoms with Crippen LogP contribution in [0, 0.1) is 5.82 Å². The summed E-state index contributed by atoms with van der Waals surface area (Å²) in [5.41, 5.74) is 1.30. The maximum Gasteiger partial charge on any atom is 0.164 e. The number of nitrogens with one attached hydrogen (secondary N) is 2. The minimum absolute atomic E-state index is 0.0321. The molecular formula is C18H18ClFN4O2. The highest BCUT2D eigenvalue weighted by Crippen LogP contribution is 2.34. The molecule has 0 aliphatic heterocycles. The molecule has 0 saturated carbocycles. The molecule has 26 heavy (non-hydrogen) atoms. The molecule has 2 aromatic carbocycles. The number of benzene rings is 2. The molecule has 0 bridgehead atoms. The smallest absolute Gasteiger partial charge is 0.164 e. The summed E-state index contributed by atoms with van der Waals surface area (Å²) in [5.74, 6) is 1.21. The Balaban J connectivity index is 1.99. The van der Waals surface area contributed by atoms with E-state index in [4.69, 9.17) is 21.1 Å². The number of hydrogen-bond acceptors (Lipinski definition) is 6. The number of ether oxygens (including phenoxy) is 2. The average molecular weight is 377 g/mol. The van der Waals surface area contributed by atoms with E-state index in [9.17, 15) is 4.39 Å². The minimum atomic E-state index is -0.478. The van der Waals surface area contributed by atoms with E-state index < -0.39 is 5.82 Å². The summed E-state index contributed by atoms with van der Waals surface area (Å²) in [6.07, 6.45) is 1.44. The molecule has 0 amide bonds. The standard InChI is InChI=1S/C18H18ClFN4O2/c1-3-21-10-26-17-7-12-15(8-16(17)25-2)22-9-23-18(12)24-11-4-5-14(20)13(19)6-11/h4-9,21H,3,10H2,1-2H3,(H,22,23,24). The van der Waals surface area contributed by atoms with Gasteiger partial charge in [0.1, 0.15) is 24.7 Å². The Hall–Kier alpha value is -2.64. The molecule has 0 spiro atoms. The molecule has 0 atom stereocenters. The number of fused-ring (bicyclic) bond motifs is 1. The van der Waals surface area contributed by atoms with Crippen LogP contribution in [-0.4, -0.2) is 30.4 Å². The molecule has 0 aliphatic rings. The third-order valence-corrected chi connectivity index (χ3v) is 3.97.